The summed E-state index contributed by atoms with van der Waals surface area (Å²) in [7, 11) is -4.00. The van der Waals surface area contributed by atoms with Crippen LogP contribution in [-0.4, -0.2) is 43.4 Å². The van der Waals surface area contributed by atoms with Gasteiger partial charge in [-0.05, 0) is 48.5 Å². The number of nitrogens with zero attached hydrogens (tertiary/aromatic N) is 1. The van der Waals surface area contributed by atoms with E-state index >= 15 is 0 Å². The number of hydrogen-bond donors (Lipinski definition) is 2. The molecule has 174 valence electrons. The summed E-state index contributed by atoms with van der Waals surface area (Å²) in [6.07, 6.45) is 1.45. The van der Waals surface area contributed by atoms with Gasteiger partial charge in [-0.15, -0.1) is 11.8 Å². The normalized spacial score (nSPS) is 11.3. The third kappa shape index (κ3) is 7.48. The minimum Gasteiger partial charge on any atom is -0.468 e. The smallest absolute Gasteiger partial charge is 0.243 e. The number of benzene rings is 2. The second-order valence-corrected chi connectivity index (χ2v) is 10.2. The fourth-order valence-electron chi connectivity index (χ4n) is 2.96. The number of thioether (sulfide) groups is 1. The van der Waals surface area contributed by atoms with Gasteiger partial charge in [0.05, 0.1) is 24.2 Å². The third-order valence-electron chi connectivity index (χ3n) is 4.48. The molecular weight excluding hydrogens is 462 g/mol. The molecule has 2 aromatic carbocycles. The Morgan fingerprint density at radius 1 is 1.00 bits per heavy atom. The fraction of sp³-hybridized carbons (Fsp3) is 0.217. The average molecular weight is 488 g/mol. The molecule has 0 aliphatic rings. The van der Waals surface area contributed by atoms with Gasteiger partial charge in [-0.25, -0.2) is 8.42 Å². The van der Waals surface area contributed by atoms with Crippen LogP contribution in [0, 0.1) is 0 Å². The van der Waals surface area contributed by atoms with Crippen LogP contribution in [0.3, 0.4) is 0 Å². The molecule has 2 amide bonds. The van der Waals surface area contributed by atoms with E-state index in [-0.39, 0.29) is 23.9 Å². The summed E-state index contributed by atoms with van der Waals surface area (Å²) < 4.78 is 32.9. The maximum absolute atomic E-state index is 13.3. The van der Waals surface area contributed by atoms with Gasteiger partial charge in [-0.3, -0.25) is 9.59 Å². The Balaban J connectivity index is 1.65. The summed E-state index contributed by atoms with van der Waals surface area (Å²) in [6.45, 7) is 1.33. The Morgan fingerprint density at radius 3 is 2.36 bits per heavy atom. The van der Waals surface area contributed by atoms with Gasteiger partial charge in [0, 0.05) is 29.8 Å². The second-order valence-electron chi connectivity index (χ2n) is 7.07. The van der Waals surface area contributed by atoms with Crippen molar-refractivity contribution in [2.75, 3.05) is 24.2 Å². The van der Waals surface area contributed by atoms with E-state index in [0.29, 0.717) is 23.7 Å². The topological polar surface area (TPSA) is 109 Å². The van der Waals surface area contributed by atoms with E-state index in [1.54, 1.807) is 23.9 Å². The molecule has 0 fully saturated rings. The van der Waals surface area contributed by atoms with Gasteiger partial charge in [0.2, 0.25) is 21.8 Å². The third-order valence-corrected chi connectivity index (χ3v) is 7.30. The minimum absolute atomic E-state index is 0.00981. The quantitative estimate of drug-likeness (QED) is 0.317. The van der Waals surface area contributed by atoms with Crippen molar-refractivity contribution >= 4 is 39.3 Å². The van der Waals surface area contributed by atoms with E-state index in [9.17, 15) is 18.0 Å². The summed E-state index contributed by atoms with van der Waals surface area (Å²) in [5.74, 6) is 0.410. The molecule has 1 heterocycles. The maximum Gasteiger partial charge on any atom is 0.243 e. The van der Waals surface area contributed by atoms with Crippen molar-refractivity contribution < 1.29 is 22.4 Å². The number of anilines is 1. The molecule has 1 aromatic heterocycles. The highest BCUT2D eigenvalue weighted by Gasteiger charge is 2.27. The summed E-state index contributed by atoms with van der Waals surface area (Å²) in [4.78, 5) is 24.8. The molecule has 0 bridgehead atoms. The predicted molar refractivity (Wildman–Crippen MR) is 127 cm³/mol. The van der Waals surface area contributed by atoms with Crippen molar-refractivity contribution in [1.29, 1.82) is 0 Å². The van der Waals surface area contributed by atoms with E-state index in [1.165, 1.54) is 37.5 Å². The Bertz CT molecular complexity index is 1150. The van der Waals surface area contributed by atoms with Crippen LogP contribution in [0.25, 0.3) is 0 Å². The van der Waals surface area contributed by atoms with E-state index in [1.807, 2.05) is 30.3 Å². The number of nitrogens with one attached hydrogen (secondary N) is 2. The molecule has 0 unspecified atom stereocenters. The van der Waals surface area contributed by atoms with Crippen LogP contribution in [0.4, 0.5) is 5.69 Å². The highest BCUT2D eigenvalue weighted by molar-refractivity contribution is 7.99. The van der Waals surface area contributed by atoms with Crippen molar-refractivity contribution in [3.63, 3.8) is 0 Å². The summed E-state index contributed by atoms with van der Waals surface area (Å²) >= 11 is 1.60. The van der Waals surface area contributed by atoms with Gasteiger partial charge in [-0.2, -0.15) is 4.31 Å². The molecule has 8 nitrogen and oxygen atoms in total. The van der Waals surface area contributed by atoms with E-state index < -0.39 is 15.9 Å². The molecule has 0 radical (unpaired) electrons. The molecule has 0 saturated carbocycles. The molecule has 3 aromatic rings. The van der Waals surface area contributed by atoms with Crippen LogP contribution >= 0.6 is 11.8 Å². The molecule has 3 rings (SSSR count). The van der Waals surface area contributed by atoms with Crippen molar-refractivity contribution in [2.24, 2.45) is 0 Å². The molecule has 0 atom stereocenters. The average Bonchev–Trinajstić information content (AvgIpc) is 3.30. The second kappa shape index (κ2) is 11.7. The summed E-state index contributed by atoms with van der Waals surface area (Å²) in [5, 5.41) is 5.37. The van der Waals surface area contributed by atoms with E-state index in [2.05, 4.69) is 10.6 Å². The number of sulfonamides is 1. The highest BCUT2D eigenvalue weighted by atomic mass is 32.2. The lowest BCUT2D eigenvalue weighted by Gasteiger charge is -2.21. The Kier molecular flexibility index (Phi) is 8.70. The SMILES string of the molecule is CC(=O)Nc1ccc(S(=O)(=O)N(CC(=O)NCCSc2ccccc2)Cc2ccco2)cc1. The largest absolute Gasteiger partial charge is 0.468 e. The number of hydrogen-bond acceptors (Lipinski definition) is 6. The molecule has 0 spiro atoms. The van der Waals surface area contributed by atoms with Crippen LogP contribution in [-0.2, 0) is 26.2 Å². The van der Waals surface area contributed by atoms with Gasteiger partial charge < -0.3 is 15.1 Å². The Labute approximate surface area is 197 Å². The predicted octanol–water partition coefficient (Wildman–Crippen LogP) is 3.34. The zero-order valence-corrected chi connectivity index (χ0v) is 19.7. The van der Waals surface area contributed by atoms with Crippen LogP contribution < -0.4 is 10.6 Å². The maximum atomic E-state index is 13.3. The number of furan rings is 1. The standard InChI is InChI=1S/C23H25N3O5S2/c1-18(27)25-19-9-11-22(12-10-19)33(29,30)26(16-20-6-5-14-31-20)17-23(28)24-13-15-32-21-7-3-2-4-8-21/h2-12,14H,13,15-17H2,1H3,(H,24,28)(H,25,27). The number of amides is 2. The van der Waals surface area contributed by atoms with Crippen molar-refractivity contribution in [3.8, 4) is 0 Å². The molecule has 10 heteroatoms. The molecular formula is C23H25N3O5S2. The monoisotopic (exact) mass is 487 g/mol. The van der Waals surface area contributed by atoms with Gasteiger partial charge in [0.25, 0.3) is 0 Å². The van der Waals surface area contributed by atoms with Gasteiger partial charge >= 0.3 is 0 Å². The zero-order valence-electron chi connectivity index (χ0n) is 18.1. The molecule has 0 aliphatic carbocycles. The molecule has 0 aliphatic heterocycles. The summed E-state index contributed by atoms with van der Waals surface area (Å²) in [5.41, 5.74) is 0.479. The van der Waals surface area contributed by atoms with Crippen LogP contribution in [0.2, 0.25) is 0 Å². The first-order chi connectivity index (χ1) is 15.8. The first-order valence-electron chi connectivity index (χ1n) is 10.2. The molecule has 33 heavy (non-hydrogen) atoms. The van der Waals surface area contributed by atoms with Gasteiger partial charge in [0.1, 0.15) is 5.76 Å². The lowest BCUT2D eigenvalue weighted by molar-refractivity contribution is -0.121. The van der Waals surface area contributed by atoms with Crippen molar-refractivity contribution in [1.82, 2.24) is 9.62 Å². The minimum atomic E-state index is -4.00. The lowest BCUT2D eigenvalue weighted by atomic mass is 10.3. The fourth-order valence-corrected chi connectivity index (χ4v) is 5.11. The molecule has 0 saturated heterocycles. The number of rotatable bonds is 11. The van der Waals surface area contributed by atoms with E-state index in [4.69, 9.17) is 4.42 Å². The van der Waals surface area contributed by atoms with Crippen molar-refractivity contribution in [3.05, 3.63) is 78.8 Å². The van der Waals surface area contributed by atoms with Crippen LogP contribution in [0.15, 0.2) is 87.2 Å². The summed E-state index contributed by atoms with van der Waals surface area (Å²) in [6, 6.07) is 18.9. The number of carbonyl (C=O) groups excluding carboxylic acids is 2. The lowest BCUT2D eigenvalue weighted by Crippen LogP contribution is -2.40. The highest BCUT2D eigenvalue weighted by Crippen LogP contribution is 2.21. The van der Waals surface area contributed by atoms with Crippen LogP contribution in [0.1, 0.15) is 12.7 Å². The van der Waals surface area contributed by atoms with Gasteiger partial charge in [0.15, 0.2) is 0 Å². The van der Waals surface area contributed by atoms with E-state index in [0.717, 1.165) is 9.20 Å². The first kappa shape index (κ1) is 24.6. The van der Waals surface area contributed by atoms with Crippen molar-refractivity contribution in [2.45, 2.75) is 23.3 Å². The van der Waals surface area contributed by atoms with Crippen LogP contribution in [0.5, 0.6) is 0 Å². The number of carbonyl (C=O) groups is 2. The Hall–Kier alpha value is -3.08. The zero-order chi connectivity index (χ0) is 23.7. The Morgan fingerprint density at radius 2 is 1.73 bits per heavy atom. The molecule has 2 N–H and O–H groups in total. The first-order valence-corrected chi connectivity index (χ1v) is 12.6. The van der Waals surface area contributed by atoms with Gasteiger partial charge in [-0.1, -0.05) is 18.2 Å².